The fourth-order valence-corrected chi connectivity index (χ4v) is 0.970. The average Bonchev–Trinajstić information content (AvgIpc) is 2.29. The summed E-state index contributed by atoms with van der Waals surface area (Å²) in [6.45, 7) is 0. The molecular weight excluding hydrogens is 182 g/mol. The van der Waals surface area contributed by atoms with Gasteiger partial charge in [0.25, 0.3) is 0 Å². The van der Waals surface area contributed by atoms with Crippen LogP contribution >= 0.6 is 11.6 Å². The van der Waals surface area contributed by atoms with Crippen molar-refractivity contribution in [1.82, 2.24) is 9.55 Å². The standard InChI is InChI=1S/C5H4ClN5O/c1-11-3(2-12)4(6)8-5(11)9-10-7/h2H,1H3. The Morgan fingerprint density at radius 1 is 1.83 bits per heavy atom. The number of imidazole rings is 1. The first-order valence-corrected chi connectivity index (χ1v) is 3.31. The molecule has 12 heavy (non-hydrogen) atoms. The summed E-state index contributed by atoms with van der Waals surface area (Å²) in [5.74, 6) is 0.0737. The van der Waals surface area contributed by atoms with Crippen molar-refractivity contribution < 1.29 is 4.79 Å². The predicted octanol–water partition coefficient (Wildman–Crippen LogP) is 1.83. The molecule has 0 saturated carbocycles. The summed E-state index contributed by atoms with van der Waals surface area (Å²) in [5.41, 5.74) is 8.28. The van der Waals surface area contributed by atoms with Gasteiger partial charge in [0.05, 0.1) is 0 Å². The number of carbonyl (C=O) groups excluding carboxylic acids is 1. The normalized spacial score (nSPS) is 9.17. The Labute approximate surface area is 72.4 Å². The highest BCUT2D eigenvalue weighted by atomic mass is 35.5. The highest BCUT2D eigenvalue weighted by Gasteiger charge is 2.09. The molecule has 1 aromatic heterocycles. The first-order chi connectivity index (χ1) is 5.70. The van der Waals surface area contributed by atoms with Gasteiger partial charge in [0.1, 0.15) is 5.69 Å². The van der Waals surface area contributed by atoms with Crippen LogP contribution in [0.5, 0.6) is 0 Å². The Balaban J connectivity index is 3.35. The number of rotatable bonds is 2. The number of hydrogen-bond acceptors (Lipinski definition) is 3. The van der Waals surface area contributed by atoms with E-state index in [2.05, 4.69) is 15.0 Å². The number of carbonyl (C=O) groups is 1. The minimum atomic E-state index is 0.0369. The van der Waals surface area contributed by atoms with E-state index in [0.29, 0.717) is 6.29 Å². The molecule has 0 atom stereocenters. The van der Waals surface area contributed by atoms with Crippen LogP contribution in [0, 0.1) is 0 Å². The van der Waals surface area contributed by atoms with Crippen LogP contribution in [0.1, 0.15) is 10.5 Å². The topological polar surface area (TPSA) is 83.7 Å². The zero-order chi connectivity index (χ0) is 9.14. The summed E-state index contributed by atoms with van der Waals surface area (Å²) in [5, 5.41) is 3.26. The lowest BCUT2D eigenvalue weighted by atomic mass is 10.5. The van der Waals surface area contributed by atoms with Gasteiger partial charge in [-0.05, 0) is 10.6 Å². The highest BCUT2D eigenvalue weighted by Crippen LogP contribution is 2.19. The second kappa shape index (κ2) is 3.25. The molecule has 1 heterocycles. The Kier molecular flexibility index (Phi) is 2.32. The summed E-state index contributed by atoms with van der Waals surface area (Å²) in [4.78, 5) is 16.6. The van der Waals surface area contributed by atoms with E-state index in [1.54, 1.807) is 0 Å². The largest absolute Gasteiger partial charge is 0.322 e. The molecule has 6 nitrogen and oxygen atoms in total. The maximum absolute atomic E-state index is 10.4. The fraction of sp³-hybridized carbons (Fsp3) is 0.200. The van der Waals surface area contributed by atoms with E-state index >= 15 is 0 Å². The molecule has 0 unspecified atom stereocenters. The van der Waals surface area contributed by atoms with Crippen molar-refractivity contribution in [2.75, 3.05) is 0 Å². The lowest BCUT2D eigenvalue weighted by Crippen LogP contribution is -1.93. The Bertz CT molecular complexity index is 364. The summed E-state index contributed by atoms with van der Waals surface area (Å²) in [7, 11) is 1.53. The van der Waals surface area contributed by atoms with Gasteiger partial charge in [0.15, 0.2) is 17.4 Å². The average molecular weight is 186 g/mol. The molecule has 0 radical (unpaired) electrons. The molecule has 1 aromatic rings. The minimum absolute atomic E-state index is 0.0369. The van der Waals surface area contributed by atoms with E-state index in [4.69, 9.17) is 17.1 Å². The van der Waals surface area contributed by atoms with Crippen LogP contribution < -0.4 is 0 Å². The number of aromatic nitrogens is 2. The van der Waals surface area contributed by atoms with Gasteiger partial charge in [-0.1, -0.05) is 11.6 Å². The third-order valence-electron chi connectivity index (χ3n) is 1.32. The third kappa shape index (κ3) is 1.25. The fourth-order valence-electron chi connectivity index (χ4n) is 0.723. The molecule has 0 N–H and O–H groups in total. The molecular formula is C5H4ClN5O. The molecule has 0 aliphatic heterocycles. The van der Waals surface area contributed by atoms with E-state index in [-0.39, 0.29) is 16.8 Å². The van der Waals surface area contributed by atoms with E-state index in [1.165, 1.54) is 11.6 Å². The van der Waals surface area contributed by atoms with Crippen molar-refractivity contribution in [3.63, 3.8) is 0 Å². The molecule has 0 aliphatic rings. The molecule has 0 amide bonds. The van der Waals surface area contributed by atoms with E-state index in [0.717, 1.165) is 0 Å². The van der Waals surface area contributed by atoms with E-state index in [1.807, 2.05) is 0 Å². The van der Waals surface area contributed by atoms with Gasteiger partial charge in [-0.3, -0.25) is 4.79 Å². The Morgan fingerprint density at radius 3 is 2.92 bits per heavy atom. The van der Waals surface area contributed by atoms with Crippen molar-refractivity contribution in [2.45, 2.75) is 0 Å². The van der Waals surface area contributed by atoms with Gasteiger partial charge in [-0.15, -0.1) is 0 Å². The van der Waals surface area contributed by atoms with Gasteiger partial charge in [0.2, 0.25) is 0 Å². The van der Waals surface area contributed by atoms with Crippen molar-refractivity contribution in [3.05, 3.63) is 21.3 Å². The van der Waals surface area contributed by atoms with Crippen molar-refractivity contribution in [1.29, 1.82) is 0 Å². The van der Waals surface area contributed by atoms with Crippen LogP contribution in [-0.2, 0) is 7.05 Å². The molecule has 0 spiro atoms. The molecule has 0 aliphatic carbocycles. The number of halogens is 1. The SMILES string of the molecule is Cn1c(N=[N+]=[N-])nc(Cl)c1C=O. The Morgan fingerprint density at radius 2 is 2.50 bits per heavy atom. The van der Waals surface area contributed by atoms with Gasteiger partial charge >= 0.3 is 0 Å². The third-order valence-corrected chi connectivity index (χ3v) is 1.59. The molecule has 1 rings (SSSR count). The van der Waals surface area contributed by atoms with Gasteiger partial charge < -0.3 is 4.57 Å². The van der Waals surface area contributed by atoms with Crippen molar-refractivity contribution >= 4 is 23.8 Å². The van der Waals surface area contributed by atoms with Crippen LogP contribution in [0.25, 0.3) is 10.4 Å². The highest BCUT2D eigenvalue weighted by molar-refractivity contribution is 6.31. The van der Waals surface area contributed by atoms with Gasteiger partial charge in [-0.25, -0.2) is 4.98 Å². The summed E-state index contributed by atoms with van der Waals surface area (Å²) in [6, 6.07) is 0. The maximum Gasteiger partial charge on any atom is 0.198 e. The first-order valence-electron chi connectivity index (χ1n) is 2.93. The second-order valence-corrected chi connectivity index (χ2v) is 2.31. The molecule has 0 fully saturated rings. The molecule has 7 heteroatoms. The van der Waals surface area contributed by atoms with Crippen LogP contribution in [0.4, 0.5) is 5.95 Å². The lowest BCUT2D eigenvalue weighted by molar-refractivity contribution is 0.111. The number of nitrogens with zero attached hydrogens (tertiary/aromatic N) is 5. The summed E-state index contributed by atoms with van der Waals surface area (Å²) < 4.78 is 1.31. The number of hydrogen-bond donors (Lipinski definition) is 0. The quantitative estimate of drug-likeness (QED) is 0.305. The predicted molar refractivity (Wildman–Crippen MR) is 42.4 cm³/mol. The summed E-state index contributed by atoms with van der Waals surface area (Å²) in [6.07, 6.45) is 0.547. The molecule has 0 aromatic carbocycles. The zero-order valence-corrected chi connectivity index (χ0v) is 6.86. The van der Waals surface area contributed by atoms with Crippen molar-refractivity contribution in [3.8, 4) is 0 Å². The van der Waals surface area contributed by atoms with Crippen molar-refractivity contribution in [2.24, 2.45) is 12.2 Å². The molecule has 62 valence electrons. The molecule has 0 bridgehead atoms. The zero-order valence-electron chi connectivity index (χ0n) is 6.10. The first kappa shape index (κ1) is 8.58. The Hall–Kier alpha value is -1.52. The smallest absolute Gasteiger partial charge is 0.198 e. The van der Waals surface area contributed by atoms with Gasteiger partial charge in [0, 0.05) is 12.0 Å². The lowest BCUT2D eigenvalue weighted by Gasteiger charge is -1.93. The van der Waals surface area contributed by atoms with Crippen LogP contribution in [-0.4, -0.2) is 15.8 Å². The van der Waals surface area contributed by atoms with Crippen LogP contribution in [0.2, 0.25) is 5.15 Å². The number of aldehydes is 1. The van der Waals surface area contributed by atoms with Crippen LogP contribution in [0.15, 0.2) is 5.11 Å². The van der Waals surface area contributed by atoms with E-state index < -0.39 is 0 Å². The molecule has 0 saturated heterocycles. The maximum atomic E-state index is 10.4. The monoisotopic (exact) mass is 185 g/mol. The second-order valence-electron chi connectivity index (χ2n) is 1.95. The summed E-state index contributed by atoms with van der Waals surface area (Å²) >= 11 is 5.54. The van der Waals surface area contributed by atoms with Gasteiger partial charge in [-0.2, -0.15) is 0 Å². The minimum Gasteiger partial charge on any atom is -0.322 e. The number of azide groups is 1. The van der Waals surface area contributed by atoms with Crippen LogP contribution in [0.3, 0.4) is 0 Å². The van der Waals surface area contributed by atoms with E-state index in [9.17, 15) is 4.79 Å².